The molecule has 2 fully saturated rings. The molecule has 0 saturated carbocycles. The third kappa shape index (κ3) is 5.28. The van der Waals surface area contributed by atoms with Gasteiger partial charge in [0.05, 0.1) is 12.6 Å². The first-order valence-electron chi connectivity index (χ1n) is 9.37. The number of rotatable bonds is 5. The quantitative estimate of drug-likeness (QED) is 0.869. The van der Waals surface area contributed by atoms with Crippen molar-refractivity contribution in [3.8, 4) is 5.75 Å². The van der Waals surface area contributed by atoms with E-state index >= 15 is 0 Å². The van der Waals surface area contributed by atoms with Crippen molar-refractivity contribution in [3.05, 3.63) is 24.3 Å². The van der Waals surface area contributed by atoms with Crippen LogP contribution in [0, 0.1) is 0 Å². The molecule has 0 aromatic heterocycles. The van der Waals surface area contributed by atoms with Crippen molar-refractivity contribution in [1.29, 1.82) is 0 Å². The number of hydrogen-bond acceptors (Lipinski definition) is 4. The maximum absolute atomic E-state index is 12.9. The van der Waals surface area contributed by atoms with Crippen LogP contribution in [-0.4, -0.2) is 66.2 Å². The second-order valence-corrected chi connectivity index (χ2v) is 7.82. The van der Waals surface area contributed by atoms with Gasteiger partial charge in [-0.2, -0.15) is 11.8 Å². The fourth-order valence-corrected chi connectivity index (χ4v) is 4.56. The molecule has 2 aliphatic rings. The highest BCUT2D eigenvalue weighted by atomic mass is 32.2. The molecule has 2 aliphatic heterocycles. The van der Waals surface area contributed by atoms with E-state index in [0.717, 1.165) is 42.5 Å². The van der Waals surface area contributed by atoms with Gasteiger partial charge in [0, 0.05) is 24.5 Å². The minimum atomic E-state index is 0.0239. The number of likely N-dealkylation sites (tertiary alicyclic amines) is 1. The first-order valence-corrected chi connectivity index (χ1v) is 10.5. The van der Waals surface area contributed by atoms with Gasteiger partial charge in [0.1, 0.15) is 5.75 Å². The van der Waals surface area contributed by atoms with Gasteiger partial charge in [-0.15, -0.1) is 0 Å². The zero-order valence-corrected chi connectivity index (χ0v) is 15.9. The van der Waals surface area contributed by atoms with Crippen LogP contribution in [0.25, 0.3) is 0 Å². The van der Waals surface area contributed by atoms with Crippen molar-refractivity contribution in [2.75, 3.05) is 49.6 Å². The van der Waals surface area contributed by atoms with Gasteiger partial charge >= 0.3 is 6.03 Å². The zero-order chi connectivity index (χ0) is 17.5. The third-order valence-electron chi connectivity index (χ3n) is 4.78. The van der Waals surface area contributed by atoms with Crippen LogP contribution in [0.4, 0.5) is 10.5 Å². The summed E-state index contributed by atoms with van der Waals surface area (Å²) in [7, 11) is 0. The number of nitrogens with zero attached hydrogens (tertiary/aromatic N) is 2. The first kappa shape index (κ1) is 18.4. The molecule has 1 aromatic rings. The molecular weight excluding hydrogens is 334 g/mol. The van der Waals surface area contributed by atoms with Crippen LogP contribution in [0.5, 0.6) is 5.75 Å². The monoisotopic (exact) mass is 363 g/mol. The SMILES string of the molecule is CCOc1ccc(NC(=O)N2CCCSCC2CN2CCCC2)cc1. The molecule has 1 N–H and O–H groups in total. The lowest BCUT2D eigenvalue weighted by Crippen LogP contribution is -2.49. The van der Waals surface area contributed by atoms with E-state index in [0.29, 0.717) is 12.6 Å². The van der Waals surface area contributed by atoms with E-state index in [4.69, 9.17) is 4.74 Å². The van der Waals surface area contributed by atoms with E-state index in [1.165, 1.54) is 25.9 Å². The Morgan fingerprint density at radius 1 is 1.20 bits per heavy atom. The Morgan fingerprint density at radius 3 is 2.68 bits per heavy atom. The number of benzene rings is 1. The van der Waals surface area contributed by atoms with Gasteiger partial charge in [-0.25, -0.2) is 4.79 Å². The number of carbonyl (C=O) groups is 1. The van der Waals surface area contributed by atoms with Gasteiger partial charge in [-0.3, -0.25) is 0 Å². The highest BCUT2D eigenvalue weighted by Crippen LogP contribution is 2.21. The molecule has 25 heavy (non-hydrogen) atoms. The van der Waals surface area contributed by atoms with E-state index in [2.05, 4.69) is 15.1 Å². The van der Waals surface area contributed by atoms with Crippen molar-refractivity contribution in [1.82, 2.24) is 9.80 Å². The van der Waals surface area contributed by atoms with Crippen LogP contribution in [0.2, 0.25) is 0 Å². The number of amides is 2. The summed E-state index contributed by atoms with van der Waals surface area (Å²) in [4.78, 5) is 17.4. The first-order chi connectivity index (χ1) is 12.3. The maximum atomic E-state index is 12.9. The van der Waals surface area contributed by atoms with Gasteiger partial charge < -0.3 is 19.9 Å². The van der Waals surface area contributed by atoms with Crippen molar-refractivity contribution >= 4 is 23.5 Å². The summed E-state index contributed by atoms with van der Waals surface area (Å²) < 4.78 is 5.46. The minimum Gasteiger partial charge on any atom is -0.494 e. The molecule has 138 valence electrons. The van der Waals surface area contributed by atoms with Crippen LogP contribution < -0.4 is 10.1 Å². The summed E-state index contributed by atoms with van der Waals surface area (Å²) in [5, 5.41) is 3.07. The average molecular weight is 364 g/mol. The maximum Gasteiger partial charge on any atom is 0.322 e. The number of hydrogen-bond donors (Lipinski definition) is 1. The van der Waals surface area contributed by atoms with Crippen molar-refractivity contribution in [2.24, 2.45) is 0 Å². The molecule has 2 heterocycles. The third-order valence-corrected chi connectivity index (χ3v) is 5.98. The van der Waals surface area contributed by atoms with Crippen molar-refractivity contribution in [3.63, 3.8) is 0 Å². The van der Waals surface area contributed by atoms with Crippen LogP contribution in [-0.2, 0) is 0 Å². The average Bonchev–Trinajstić information content (AvgIpc) is 3.01. The van der Waals surface area contributed by atoms with Crippen LogP contribution in [0.1, 0.15) is 26.2 Å². The summed E-state index contributed by atoms with van der Waals surface area (Å²) in [5.74, 6) is 3.01. The molecule has 0 spiro atoms. The Kier molecular flexibility index (Phi) is 6.87. The molecule has 1 unspecified atom stereocenters. The molecular formula is C19H29N3O2S. The Labute approximate surface area is 155 Å². The highest BCUT2D eigenvalue weighted by molar-refractivity contribution is 7.99. The number of ether oxygens (including phenoxy) is 1. The van der Waals surface area contributed by atoms with Gasteiger partial charge in [-0.1, -0.05) is 0 Å². The number of anilines is 1. The topological polar surface area (TPSA) is 44.8 Å². The Bertz CT molecular complexity index is 546. The van der Waals surface area contributed by atoms with Crippen LogP contribution >= 0.6 is 11.8 Å². The summed E-state index contributed by atoms with van der Waals surface area (Å²) in [6, 6.07) is 7.94. The molecule has 0 aliphatic carbocycles. The largest absolute Gasteiger partial charge is 0.494 e. The molecule has 0 radical (unpaired) electrons. The Hall–Kier alpha value is -1.40. The molecule has 1 atom stereocenters. The lowest BCUT2D eigenvalue weighted by Gasteiger charge is -2.32. The molecule has 0 bridgehead atoms. The number of nitrogens with one attached hydrogen (secondary N) is 1. The van der Waals surface area contributed by atoms with Crippen molar-refractivity contribution in [2.45, 2.75) is 32.2 Å². The molecule has 1 aromatic carbocycles. The highest BCUT2D eigenvalue weighted by Gasteiger charge is 2.28. The molecule has 3 rings (SSSR count). The second kappa shape index (κ2) is 9.34. The van der Waals surface area contributed by atoms with Crippen molar-refractivity contribution < 1.29 is 9.53 Å². The number of carbonyl (C=O) groups excluding carboxylic acids is 1. The minimum absolute atomic E-state index is 0.0239. The predicted octanol–water partition coefficient (Wildman–Crippen LogP) is 3.52. The van der Waals surface area contributed by atoms with Crippen LogP contribution in [0.15, 0.2) is 24.3 Å². The van der Waals surface area contributed by atoms with Gasteiger partial charge in [-0.05, 0) is 69.3 Å². The van der Waals surface area contributed by atoms with Gasteiger partial charge in [0.25, 0.3) is 0 Å². The van der Waals surface area contributed by atoms with E-state index in [1.807, 2.05) is 43.0 Å². The zero-order valence-electron chi connectivity index (χ0n) is 15.1. The van der Waals surface area contributed by atoms with E-state index in [-0.39, 0.29) is 6.03 Å². The fourth-order valence-electron chi connectivity index (χ4n) is 3.51. The van der Waals surface area contributed by atoms with Crippen LogP contribution in [0.3, 0.4) is 0 Å². The van der Waals surface area contributed by atoms with E-state index in [1.54, 1.807) is 0 Å². The number of thioether (sulfide) groups is 1. The lowest BCUT2D eigenvalue weighted by molar-refractivity contribution is 0.173. The smallest absolute Gasteiger partial charge is 0.322 e. The molecule has 2 saturated heterocycles. The summed E-state index contributed by atoms with van der Waals surface area (Å²) in [6.45, 7) is 6.81. The summed E-state index contributed by atoms with van der Waals surface area (Å²) in [5.41, 5.74) is 0.824. The summed E-state index contributed by atoms with van der Waals surface area (Å²) >= 11 is 1.98. The summed E-state index contributed by atoms with van der Waals surface area (Å²) in [6.07, 6.45) is 3.65. The normalized spacial score (nSPS) is 21.8. The predicted molar refractivity (Wildman–Crippen MR) is 105 cm³/mol. The lowest BCUT2D eigenvalue weighted by atomic mass is 10.2. The fraction of sp³-hybridized carbons (Fsp3) is 0.632. The molecule has 6 heteroatoms. The molecule has 5 nitrogen and oxygen atoms in total. The van der Waals surface area contributed by atoms with Gasteiger partial charge in [0.2, 0.25) is 0 Å². The molecule has 2 amide bonds. The number of urea groups is 1. The van der Waals surface area contributed by atoms with E-state index < -0.39 is 0 Å². The standard InChI is InChI=1S/C19H29N3O2S/c1-2-24-18-8-6-16(7-9-18)20-19(23)22-12-5-13-25-15-17(22)14-21-10-3-4-11-21/h6-9,17H,2-5,10-15H2,1H3,(H,20,23). The Balaban J connectivity index is 1.62. The van der Waals surface area contributed by atoms with E-state index in [9.17, 15) is 4.79 Å². The van der Waals surface area contributed by atoms with Gasteiger partial charge in [0.15, 0.2) is 0 Å². The Morgan fingerprint density at radius 2 is 1.96 bits per heavy atom. The second-order valence-electron chi connectivity index (χ2n) is 6.67.